The first-order valence-corrected chi connectivity index (χ1v) is 7.84. The minimum absolute atomic E-state index is 0.205. The molecule has 0 fully saturated rings. The fourth-order valence-electron chi connectivity index (χ4n) is 1.40. The molecule has 0 saturated carbocycles. The van der Waals surface area contributed by atoms with Crippen molar-refractivity contribution in [2.24, 2.45) is 5.92 Å². The predicted octanol–water partition coefficient (Wildman–Crippen LogP) is 0.578. The summed E-state index contributed by atoms with van der Waals surface area (Å²) in [5, 5.41) is 3.17. The van der Waals surface area contributed by atoms with E-state index in [1.54, 1.807) is 7.11 Å². The number of nitrogens with one attached hydrogen (secondary N) is 2. The van der Waals surface area contributed by atoms with Gasteiger partial charge in [-0.3, -0.25) is 0 Å². The quantitative estimate of drug-likeness (QED) is 0.537. The van der Waals surface area contributed by atoms with Crippen LogP contribution < -0.4 is 10.0 Å². The average molecular weight is 266 g/mol. The smallest absolute Gasteiger partial charge is 0.211 e. The molecule has 0 amide bonds. The van der Waals surface area contributed by atoms with Gasteiger partial charge in [0.05, 0.1) is 5.75 Å². The Labute approximate surface area is 105 Å². The highest BCUT2D eigenvalue weighted by Gasteiger charge is 2.11. The summed E-state index contributed by atoms with van der Waals surface area (Å²) in [6.45, 7) is 6.82. The van der Waals surface area contributed by atoms with Gasteiger partial charge in [0.15, 0.2) is 0 Å². The van der Waals surface area contributed by atoms with Gasteiger partial charge in [0.2, 0.25) is 10.0 Å². The Morgan fingerprint density at radius 2 is 2.00 bits per heavy atom. The van der Waals surface area contributed by atoms with Crippen molar-refractivity contribution in [1.29, 1.82) is 0 Å². The largest absolute Gasteiger partial charge is 0.384 e. The molecule has 1 atom stereocenters. The minimum atomic E-state index is -3.12. The van der Waals surface area contributed by atoms with E-state index in [9.17, 15) is 8.42 Å². The summed E-state index contributed by atoms with van der Waals surface area (Å²) in [7, 11) is -1.50. The van der Waals surface area contributed by atoms with Gasteiger partial charge in [0, 0.05) is 20.3 Å². The molecule has 0 aromatic heterocycles. The fraction of sp³-hybridized carbons (Fsp3) is 1.00. The SMILES string of the molecule is CCNCCCCS(=O)(=O)NCC(C)COC. The second kappa shape index (κ2) is 9.82. The Kier molecular flexibility index (Phi) is 9.72. The molecule has 2 N–H and O–H groups in total. The molecule has 0 aliphatic carbocycles. The van der Waals surface area contributed by atoms with E-state index < -0.39 is 10.0 Å². The second-order valence-electron chi connectivity index (χ2n) is 4.29. The topological polar surface area (TPSA) is 67.4 Å². The van der Waals surface area contributed by atoms with Gasteiger partial charge in [0.1, 0.15) is 0 Å². The lowest BCUT2D eigenvalue weighted by Gasteiger charge is -2.11. The number of rotatable bonds is 11. The van der Waals surface area contributed by atoms with Gasteiger partial charge < -0.3 is 10.1 Å². The summed E-state index contributed by atoms with van der Waals surface area (Å²) in [6, 6.07) is 0. The van der Waals surface area contributed by atoms with E-state index in [0.717, 1.165) is 19.5 Å². The van der Waals surface area contributed by atoms with Crippen LogP contribution in [0.2, 0.25) is 0 Å². The van der Waals surface area contributed by atoms with E-state index in [1.807, 2.05) is 13.8 Å². The first kappa shape index (κ1) is 16.8. The molecule has 0 radical (unpaired) electrons. The van der Waals surface area contributed by atoms with Crippen LogP contribution in [0.1, 0.15) is 26.7 Å². The van der Waals surface area contributed by atoms with Crippen molar-refractivity contribution in [1.82, 2.24) is 10.0 Å². The number of sulfonamides is 1. The van der Waals surface area contributed by atoms with Crippen LogP contribution in [0.3, 0.4) is 0 Å². The normalized spacial score (nSPS) is 13.8. The maximum absolute atomic E-state index is 11.6. The molecule has 5 nitrogen and oxygen atoms in total. The molecule has 0 aromatic rings. The number of ether oxygens (including phenoxy) is 1. The van der Waals surface area contributed by atoms with E-state index in [1.165, 1.54) is 0 Å². The molecule has 0 bridgehead atoms. The van der Waals surface area contributed by atoms with Crippen LogP contribution in [0.5, 0.6) is 0 Å². The van der Waals surface area contributed by atoms with Gasteiger partial charge in [-0.25, -0.2) is 13.1 Å². The Morgan fingerprint density at radius 3 is 2.59 bits per heavy atom. The third-order valence-electron chi connectivity index (χ3n) is 2.37. The third-order valence-corrected chi connectivity index (χ3v) is 3.80. The summed E-state index contributed by atoms with van der Waals surface area (Å²) in [5.74, 6) is 0.412. The molecular formula is C11H26N2O3S. The van der Waals surface area contributed by atoms with Crippen LogP contribution >= 0.6 is 0 Å². The van der Waals surface area contributed by atoms with E-state index >= 15 is 0 Å². The number of hydrogen-bond donors (Lipinski definition) is 2. The standard InChI is InChI=1S/C11H26N2O3S/c1-4-12-7-5-6-8-17(14,15)13-9-11(2)10-16-3/h11-13H,4-10H2,1-3H3. The van der Waals surface area contributed by atoms with Crippen molar-refractivity contribution in [2.45, 2.75) is 26.7 Å². The molecule has 0 spiro atoms. The lowest BCUT2D eigenvalue weighted by Crippen LogP contribution is -2.32. The van der Waals surface area contributed by atoms with Crippen LogP contribution in [-0.4, -0.2) is 47.5 Å². The highest BCUT2D eigenvalue weighted by Crippen LogP contribution is 1.97. The Morgan fingerprint density at radius 1 is 1.29 bits per heavy atom. The van der Waals surface area contributed by atoms with Gasteiger partial charge in [-0.2, -0.15) is 0 Å². The number of methoxy groups -OCH3 is 1. The van der Waals surface area contributed by atoms with Crippen molar-refractivity contribution in [3.63, 3.8) is 0 Å². The minimum Gasteiger partial charge on any atom is -0.384 e. The number of unbranched alkanes of at least 4 members (excludes halogenated alkanes) is 1. The van der Waals surface area contributed by atoms with Crippen molar-refractivity contribution in [2.75, 3.05) is 39.1 Å². The molecule has 0 saturated heterocycles. The summed E-state index contributed by atoms with van der Waals surface area (Å²) in [5.41, 5.74) is 0. The van der Waals surface area contributed by atoms with Crippen LogP contribution in [0.4, 0.5) is 0 Å². The van der Waals surface area contributed by atoms with E-state index in [4.69, 9.17) is 4.74 Å². The molecule has 0 heterocycles. The van der Waals surface area contributed by atoms with Crippen LogP contribution in [-0.2, 0) is 14.8 Å². The molecular weight excluding hydrogens is 240 g/mol. The Balaban J connectivity index is 3.65. The van der Waals surface area contributed by atoms with Crippen LogP contribution in [0.25, 0.3) is 0 Å². The third kappa shape index (κ3) is 10.7. The first-order valence-electron chi connectivity index (χ1n) is 6.18. The zero-order chi connectivity index (χ0) is 13.1. The summed E-state index contributed by atoms with van der Waals surface area (Å²) < 4.78 is 30.8. The van der Waals surface area contributed by atoms with Crippen LogP contribution in [0.15, 0.2) is 0 Å². The fourth-order valence-corrected chi connectivity index (χ4v) is 2.67. The molecule has 104 valence electrons. The van der Waals surface area contributed by atoms with Crippen molar-refractivity contribution in [3.05, 3.63) is 0 Å². The molecule has 1 unspecified atom stereocenters. The van der Waals surface area contributed by atoms with Crippen molar-refractivity contribution in [3.8, 4) is 0 Å². The first-order chi connectivity index (χ1) is 8.02. The number of hydrogen-bond acceptors (Lipinski definition) is 4. The maximum atomic E-state index is 11.6. The summed E-state index contributed by atoms with van der Waals surface area (Å²) in [4.78, 5) is 0. The summed E-state index contributed by atoms with van der Waals surface area (Å²) in [6.07, 6.45) is 1.59. The van der Waals surface area contributed by atoms with Crippen molar-refractivity contribution >= 4 is 10.0 Å². The summed E-state index contributed by atoms with van der Waals surface area (Å²) >= 11 is 0. The van der Waals surface area contributed by atoms with Gasteiger partial charge in [-0.15, -0.1) is 0 Å². The zero-order valence-corrected chi connectivity index (χ0v) is 12.0. The van der Waals surface area contributed by atoms with Crippen LogP contribution in [0, 0.1) is 5.92 Å². The molecule has 0 aliphatic heterocycles. The molecule has 0 rings (SSSR count). The van der Waals surface area contributed by atoms with E-state index in [2.05, 4.69) is 10.0 Å². The average Bonchev–Trinajstić information content (AvgIpc) is 2.27. The zero-order valence-electron chi connectivity index (χ0n) is 11.2. The Bertz CT molecular complexity index is 268. The monoisotopic (exact) mass is 266 g/mol. The maximum Gasteiger partial charge on any atom is 0.211 e. The van der Waals surface area contributed by atoms with E-state index in [0.29, 0.717) is 19.6 Å². The highest BCUT2D eigenvalue weighted by molar-refractivity contribution is 7.89. The highest BCUT2D eigenvalue weighted by atomic mass is 32.2. The second-order valence-corrected chi connectivity index (χ2v) is 6.21. The predicted molar refractivity (Wildman–Crippen MR) is 70.6 cm³/mol. The van der Waals surface area contributed by atoms with Gasteiger partial charge in [-0.05, 0) is 31.8 Å². The lowest BCUT2D eigenvalue weighted by molar-refractivity contribution is 0.161. The molecule has 0 aliphatic rings. The van der Waals surface area contributed by atoms with E-state index in [-0.39, 0.29) is 11.7 Å². The van der Waals surface area contributed by atoms with Crippen molar-refractivity contribution < 1.29 is 13.2 Å². The molecule has 17 heavy (non-hydrogen) atoms. The van der Waals surface area contributed by atoms with Gasteiger partial charge >= 0.3 is 0 Å². The molecule has 6 heteroatoms. The molecule has 0 aromatic carbocycles. The lowest BCUT2D eigenvalue weighted by atomic mass is 10.2. The van der Waals surface area contributed by atoms with Gasteiger partial charge in [-0.1, -0.05) is 13.8 Å². The van der Waals surface area contributed by atoms with Gasteiger partial charge in [0.25, 0.3) is 0 Å². The Hall–Kier alpha value is -0.170.